The molecular weight excluding hydrogens is 146 g/mol. The highest BCUT2D eigenvalue weighted by Crippen LogP contribution is 2.07. The molecule has 0 amide bonds. The number of nitrogens with zero attached hydrogens (tertiary/aromatic N) is 1. The first-order chi connectivity index (χ1) is 5.76. The van der Waals surface area contributed by atoms with Gasteiger partial charge in [0.05, 0.1) is 0 Å². The molecule has 0 aromatic carbocycles. The van der Waals surface area contributed by atoms with E-state index in [0.29, 0.717) is 0 Å². The number of rotatable bonds is 3. The van der Waals surface area contributed by atoms with Gasteiger partial charge in [0, 0.05) is 6.21 Å². The molecule has 1 nitrogen and oxygen atoms in total. The predicted molar refractivity (Wildman–Crippen MR) is 55.2 cm³/mol. The zero-order chi connectivity index (χ0) is 9.40. The molecule has 0 radical (unpaired) electrons. The van der Waals surface area contributed by atoms with Crippen LogP contribution in [0, 0.1) is 11.8 Å². The number of hydrogen-bond donors (Lipinski definition) is 0. The van der Waals surface area contributed by atoms with Gasteiger partial charge < -0.3 is 0 Å². The minimum atomic E-state index is 0.932. The van der Waals surface area contributed by atoms with Gasteiger partial charge in [-0.1, -0.05) is 19.8 Å². The van der Waals surface area contributed by atoms with Gasteiger partial charge in [0.15, 0.2) is 0 Å². The largest absolute Gasteiger partial charge is 0.252 e. The third kappa shape index (κ3) is 3.98. The van der Waals surface area contributed by atoms with E-state index in [2.05, 4.69) is 37.6 Å². The van der Waals surface area contributed by atoms with E-state index in [9.17, 15) is 0 Å². The zero-order valence-corrected chi connectivity index (χ0v) is 8.44. The molecule has 0 rings (SSSR count). The smallest absolute Gasteiger partial charge is 0.111 e. The van der Waals surface area contributed by atoms with E-state index in [0.717, 1.165) is 18.5 Å². The third-order valence-corrected chi connectivity index (χ3v) is 1.58. The van der Waals surface area contributed by atoms with Crippen molar-refractivity contribution in [3.05, 3.63) is 11.3 Å². The summed E-state index contributed by atoms with van der Waals surface area (Å²) in [7, 11) is 0. The summed E-state index contributed by atoms with van der Waals surface area (Å²) in [6.45, 7) is 8.10. The van der Waals surface area contributed by atoms with Crippen LogP contribution in [-0.2, 0) is 0 Å². The van der Waals surface area contributed by atoms with Gasteiger partial charge >= 0.3 is 0 Å². The van der Waals surface area contributed by atoms with E-state index < -0.39 is 0 Å². The summed E-state index contributed by atoms with van der Waals surface area (Å²) >= 11 is 0. The monoisotopic (exact) mass is 163 g/mol. The molecule has 0 unspecified atom stereocenters. The highest BCUT2D eigenvalue weighted by atomic mass is 14.7. The highest BCUT2D eigenvalue weighted by Gasteiger charge is 1.92. The van der Waals surface area contributed by atoms with E-state index in [-0.39, 0.29) is 0 Å². The molecule has 0 atom stereocenters. The Balaban J connectivity index is 4.62. The molecule has 0 aliphatic rings. The number of aliphatic imine (C=N–C) groups is 1. The molecule has 0 aromatic heterocycles. The molecule has 0 fully saturated rings. The lowest BCUT2D eigenvalue weighted by atomic mass is 10.2. The van der Waals surface area contributed by atoms with Crippen LogP contribution in [0.3, 0.4) is 0 Å². The van der Waals surface area contributed by atoms with Gasteiger partial charge in [0.25, 0.3) is 0 Å². The van der Waals surface area contributed by atoms with Crippen LogP contribution >= 0.6 is 0 Å². The van der Waals surface area contributed by atoms with Crippen LogP contribution in [0.25, 0.3) is 0 Å². The lowest BCUT2D eigenvalue weighted by Crippen LogP contribution is -1.82. The maximum absolute atomic E-state index is 4.28. The molecule has 1 heteroatoms. The van der Waals surface area contributed by atoms with E-state index in [1.54, 1.807) is 0 Å². The van der Waals surface area contributed by atoms with Gasteiger partial charge in [0.1, 0.15) is 5.70 Å². The summed E-state index contributed by atoms with van der Waals surface area (Å²) in [6, 6.07) is 0. The van der Waals surface area contributed by atoms with Crippen LogP contribution in [0.4, 0.5) is 0 Å². The molecule has 0 aliphatic carbocycles. The van der Waals surface area contributed by atoms with E-state index in [1.807, 2.05) is 13.1 Å². The Kier molecular flexibility index (Phi) is 6.09. The Labute approximate surface area is 75.6 Å². The van der Waals surface area contributed by atoms with Gasteiger partial charge in [-0.2, -0.15) is 0 Å². The van der Waals surface area contributed by atoms with Crippen molar-refractivity contribution < 1.29 is 0 Å². The van der Waals surface area contributed by atoms with Crippen LogP contribution in [-0.4, -0.2) is 6.21 Å². The second kappa shape index (κ2) is 6.67. The summed E-state index contributed by atoms with van der Waals surface area (Å²) in [5, 5.41) is 0. The first kappa shape index (κ1) is 11.0. The van der Waals surface area contributed by atoms with Crippen molar-refractivity contribution in [3.63, 3.8) is 0 Å². The maximum Gasteiger partial charge on any atom is 0.111 e. The number of hydrogen-bond acceptors (Lipinski definition) is 1. The Morgan fingerprint density at radius 3 is 2.50 bits per heavy atom. The molecule has 0 spiro atoms. The second-order valence-corrected chi connectivity index (χ2v) is 2.58. The van der Waals surface area contributed by atoms with Gasteiger partial charge in [-0.15, -0.1) is 0 Å². The Morgan fingerprint density at radius 1 is 1.42 bits per heavy atom. The first-order valence-corrected chi connectivity index (χ1v) is 4.41. The van der Waals surface area contributed by atoms with Gasteiger partial charge in [0.2, 0.25) is 0 Å². The third-order valence-electron chi connectivity index (χ3n) is 1.58. The molecular formula is C11H17N. The van der Waals surface area contributed by atoms with Crippen molar-refractivity contribution in [3.8, 4) is 11.8 Å². The molecule has 0 saturated heterocycles. The normalized spacial score (nSPS) is 12.3. The Bertz CT molecular complexity index is 235. The van der Waals surface area contributed by atoms with Crippen LogP contribution in [0.2, 0.25) is 0 Å². The fourth-order valence-corrected chi connectivity index (χ4v) is 0.718. The van der Waals surface area contributed by atoms with Crippen molar-refractivity contribution in [2.24, 2.45) is 4.99 Å². The molecule has 0 bridgehead atoms. The summed E-state index contributed by atoms with van der Waals surface area (Å²) in [4.78, 5) is 4.28. The van der Waals surface area contributed by atoms with E-state index >= 15 is 0 Å². The predicted octanol–water partition coefficient (Wildman–Crippen LogP) is 3.17. The van der Waals surface area contributed by atoms with Crippen molar-refractivity contribution in [1.29, 1.82) is 0 Å². The summed E-state index contributed by atoms with van der Waals surface area (Å²) in [5.41, 5.74) is 2.19. The SMILES string of the molecule is CC#C/C(N=CCC)=C(\C)CC. The van der Waals surface area contributed by atoms with Gasteiger partial charge in [-0.05, 0) is 38.2 Å². The molecule has 66 valence electrons. The minimum absolute atomic E-state index is 0.932. The molecule has 0 N–H and O–H groups in total. The average Bonchev–Trinajstić information content (AvgIpc) is 2.11. The molecule has 0 aromatic rings. The molecule has 0 aliphatic heterocycles. The summed E-state index contributed by atoms with van der Waals surface area (Å²) in [5.74, 6) is 5.87. The average molecular weight is 163 g/mol. The van der Waals surface area contributed by atoms with Crippen molar-refractivity contribution in [1.82, 2.24) is 0 Å². The minimum Gasteiger partial charge on any atom is -0.252 e. The fourth-order valence-electron chi connectivity index (χ4n) is 0.718. The topological polar surface area (TPSA) is 12.4 Å². The summed E-state index contributed by atoms with van der Waals surface area (Å²) in [6.07, 6.45) is 3.88. The van der Waals surface area contributed by atoms with Crippen molar-refractivity contribution in [2.75, 3.05) is 0 Å². The lowest BCUT2D eigenvalue weighted by molar-refractivity contribution is 1.06. The molecule has 0 saturated carbocycles. The Morgan fingerprint density at radius 2 is 2.08 bits per heavy atom. The zero-order valence-electron chi connectivity index (χ0n) is 8.44. The van der Waals surface area contributed by atoms with Crippen molar-refractivity contribution in [2.45, 2.75) is 40.5 Å². The standard InChI is InChI=1S/C11H17N/c1-5-8-11(10(4)7-3)12-9-6-2/h9H,6-7H2,1-4H3/b11-10-,12-9?. The lowest BCUT2D eigenvalue weighted by Gasteiger charge is -1.96. The van der Waals surface area contributed by atoms with Crippen LogP contribution in [0.5, 0.6) is 0 Å². The molecule has 12 heavy (non-hydrogen) atoms. The van der Waals surface area contributed by atoms with Crippen LogP contribution < -0.4 is 0 Å². The quantitative estimate of drug-likeness (QED) is 0.447. The highest BCUT2D eigenvalue weighted by molar-refractivity contribution is 5.60. The Hall–Kier alpha value is -1.03. The van der Waals surface area contributed by atoms with Gasteiger partial charge in [-0.3, -0.25) is 4.99 Å². The van der Waals surface area contributed by atoms with Gasteiger partial charge in [-0.25, -0.2) is 0 Å². The second-order valence-electron chi connectivity index (χ2n) is 2.58. The maximum atomic E-state index is 4.28. The van der Waals surface area contributed by atoms with Crippen molar-refractivity contribution >= 4 is 6.21 Å². The summed E-state index contributed by atoms with van der Waals surface area (Å²) < 4.78 is 0. The van der Waals surface area contributed by atoms with E-state index in [1.165, 1.54) is 5.57 Å². The number of allylic oxidation sites excluding steroid dienone is 2. The van der Waals surface area contributed by atoms with Crippen LogP contribution in [0.1, 0.15) is 40.5 Å². The van der Waals surface area contributed by atoms with Crippen LogP contribution in [0.15, 0.2) is 16.3 Å². The first-order valence-electron chi connectivity index (χ1n) is 4.41. The molecule has 0 heterocycles. The fraction of sp³-hybridized carbons (Fsp3) is 0.545. The van der Waals surface area contributed by atoms with E-state index in [4.69, 9.17) is 0 Å².